The summed E-state index contributed by atoms with van der Waals surface area (Å²) in [6, 6.07) is 19.6. The van der Waals surface area contributed by atoms with E-state index in [-0.39, 0.29) is 0 Å². The molecular weight excluding hydrogens is 400 g/mol. The van der Waals surface area contributed by atoms with Gasteiger partial charge in [0.15, 0.2) is 11.5 Å². The molecule has 0 saturated heterocycles. The number of hydrogen-bond acceptors (Lipinski definition) is 4. The largest absolute Gasteiger partial charge is 0.493 e. The van der Waals surface area contributed by atoms with Crippen LogP contribution in [0.2, 0.25) is 5.02 Å². The molecule has 154 valence electrons. The number of aromatic nitrogens is 2. The van der Waals surface area contributed by atoms with E-state index in [2.05, 4.69) is 10.6 Å². The Morgan fingerprint density at radius 1 is 0.933 bits per heavy atom. The number of rotatable bonds is 7. The van der Waals surface area contributed by atoms with Crippen molar-refractivity contribution in [2.75, 3.05) is 20.8 Å². The van der Waals surface area contributed by atoms with E-state index in [1.807, 2.05) is 61.5 Å². The Bertz CT molecular complexity index is 1190. The van der Waals surface area contributed by atoms with Crippen molar-refractivity contribution < 1.29 is 14.2 Å². The highest BCUT2D eigenvalue weighted by molar-refractivity contribution is 6.31. The molecule has 0 N–H and O–H groups in total. The Hall–Kier alpha value is -3.18. The lowest BCUT2D eigenvalue weighted by Crippen LogP contribution is -2.09. The van der Waals surface area contributed by atoms with Crippen LogP contribution in [0.3, 0.4) is 0 Å². The zero-order chi connectivity index (χ0) is 21.1. The molecule has 6 heteroatoms. The summed E-state index contributed by atoms with van der Waals surface area (Å²) >= 11 is 6.11. The van der Waals surface area contributed by atoms with Crippen LogP contribution in [-0.4, -0.2) is 30.4 Å². The van der Waals surface area contributed by atoms with E-state index in [0.717, 1.165) is 38.8 Å². The molecule has 5 nitrogen and oxygen atoms in total. The highest BCUT2D eigenvalue weighted by atomic mass is 35.5. The summed E-state index contributed by atoms with van der Waals surface area (Å²) in [6.45, 7) is 3.11. The Balaban J connectivity index is 1.66. The van der Waals surface area contributed by atoms with Crippen LogP contribution < -0.4 is 14.2 Å². The van der Waals surface area contributed by atoms with Crippen molar-refractivity contribution in [2.45, 2.75) is 13.5 Å². The maximum Gasteiger partial charge on any atom is 0.161 e. The molecule has 0 radical (unpaired) electrons. The van der Waals surface area contributed by atoms with Gasteiger partial charge in [0, 0.05) is 10.6 Å². The molecular formula is C24H23ClN2O3. The standard InChI is InChI=1S/C24H23ClN2O3/c1-16-14-18(9-10-19(16)25)30-13-12-27-21-7-5-4-6-20(21)26-24(27)17-8-11-22(28-2)23(15-17)29-3/h4-11,14-15H,12-13H2,1-3H3. The van der Waals surface area contributed by atoms with Crippen molar-refractivity contribution >= 4 is 22.6 Å². The van der Waals surface area contributed by atoms with Crippen LogP contribution in [0.4, 0.5) is 0 Å². The quantitative estimate of drug-likeness (QED) is 0.379. The second kappa shape index (κ2) is 8.67. The third-order valence-electron chi connectivity index (χ3n) is 5.01. The number of nitrogens with zero attached hydrogens (tertiary/aromatic N) is 2. The highest BCUT2D eigenvalue weighted by Crippen LogP contribution is 2.33. The summed E-state index contributed by atoms with van der Waals surface area (Å²) < 4.78 is 19.0. The SMILES string of the molecule is COc1ccc(-c2nc3ccccc3n2CCOc2ccc(Cl)c(C)c2)cc1OC. The predicted octanol–water partition coefficient (Wildman–Crippen LogP) is 5.76. The number of ether oxygens (including phenoxy) is 3. The topological polar surface area (TPSA) is 45.5 Å². The lowest BCUT2D eigenvalue weighted by atomic mass is 10.2. The van der Waals surface area contributed by atoms with Gasteiger partial charge in [-0.05, 0) is 61.0 Å². The van der Waals surface area contributed by atoms with Crippen LogP contribution >= 0.6 is 11.6 Å². The minimum absolute atomic E-state index is 0.502. The Kier molecular flexibility index (Phi) is 5.81. The van der Waals surface area contributed by atoms with Crippen molar-refractivity contribution in [1.82, 2.24) is 9.55 Å². The van der Waals surface area contributed by atoms with Gasteiger partial charge in [0.05, 0.1) is 31.8 Å². The molecule has 4 aromatic rings. The predicted molar refractivity (Wildman–Crippen MR) is 120 cm³/mol. The molecule has 0 saturated carbocycles. The molecule has 1 aromatic heterocycles. The number of halogens is 1. The van der Waals surface area contributed by atoms with Gasteiger partial charge in [-0.25, -0.2) is 4.98 Å². The molecule has 0 atom stereocenters. The summed E-state index contributed by atoms with van der Waals surface area (Å²) in [7, 11) is 3.26. The summed E-state index contributed by atoms with van der Waals surface area (Å²) in [5, 5.41) is 0.735. The average molecular weight is 423 g/mol. The van der Waals surface area contributed by atoms with E-state index >= 15 is 0 Å². The third-order valence-corrected chi connectivity index (χ3v) is 5.43. The van der Waals surface area contributed by atoms with Crippen LogP contribution in [0.1, 0.15) is 5.56 Å². The average Bonchev–Trinajstić information content (AvgIpc) is 3.14. The Morgan fingerprint density at radius 3 is 2.50 bits per heavy atom. The second-order valence-electron chi connectivity index (χ2n) is 6.90. The minimum atomic E-state index is 0.502. The van der Waals surface area contributed by atoms with Crippen LogP contribution in [0.25, 0.3) is 22.4 Å². The van der Waals surface area contributed by atoms with Crippen molar-refractivity contribution in [2.24, 2.45) is 0 Å². The lowest BCUT2D eigenvalue weighted by molar-refractivity contribution is 0.300. The van der Waals surface area contributed by atoms with Gasteiger partial charge in [-0.15, -0.1) is 0 Å². The number of imidazole rings is 1. The fourth-order valence-corrected chi connectivity index (χ4v) is 3.58. The van der Waals surface area contributed by atoms with E-state index in [1.165, 1.54) is 0 Å². The zero-order valence-electron chi connectivity index (χ0n) is 17.2. The second-order valence-corrected chi connectivity index (χ2v) is 7.31. The van der Waals surface area contributed by atoms with Gasteiger partial charge in [0.1, 0.15) is 18.2 Å². The van der Waals surface area contributed by atoms with E-state index in [4.69, 9.17) is 30.8 Å². The molecule has 4 rings (SSSR count). The normalized spacial score (nSPS) is 10.9. The number of methoxy groups -OCH3 is 2. The molecule has 0 amide bonds. The molecule has 1 heterocycles. The van der Waals surface area contributed by atoms with Gasteiger partial charge >= 0.3 is 0 Å². The fraction of sp³-hybridized carbons (Fsp3) is 0.208. The molecule has 0 aliphatic carbocycles. The van der Waals surface area contributed by atoms with Crippen LogP contribution in [0.5, 0.6) is 17.2 Å². The summed E-state index contributed by atoms with van der Waals surface area (Å²) in [5.41, 5.74) is 3.93. The number of para-hydroxylation sites is 2. The molecule has 0 spiro atoms. The van der Waals surface area contributed by atoms with Gasteiger partial charge in [0.25, 0.3) is 0 Å². The highest BCUT2D eigenvalue weighted by Gasteiger charge is 2.15. The maximum absolute atomic E-state index is 6.11. The van der Waals surface area contributed by atoms with E-state index in [9.17, 15) is 0 Å². The monoisotopic (exact) mass is 422 g/mol. The fourth-order valence-electron chi connectivity index (χ4n) is 3.46. The number of aryl methyl sites for hydroxylation is 1. The zero-order valence-corrected chi connectivity index (χ0v) is 17.9. The molecule has 3 aromatic carbocycles. The Labute approximate surface area is 180 Å². The number of hydrogen-bond donors (Lipinski definition) is 0. The lowest BCUT2D eigenvalue weighted by Gasteiger charge is -2.13. The first-order chi connectivity index (χ1) is 14.6. The molecule has 0 bridgehead atoms. The summed E-state index contributed by atoms with van der Waals surface area (Å²) in [4.78, 5) is 4.86. The van der Waals surface area contributed by atoms with Crippen molar-refractivity contribution in [3.05, 3.63) is 71.2 Å². The van der Waals surface area contributed by atoms with Gasteiger partial charge in [-0.1, -0.05) is 23.7 Å². The van der Waals surface area contributed by atoms with Crippen LogP contribution in [0, 0.1) is 6.92 Å². The maximum atomic E-state index is 6.11. The van der Waals surface area contributed by atoms with Crippen molar-refractivity contribution in [3.8, 4) is 28.6 Å². The van der Waals surface area contributed by atoms with Crippen LogP contribution in [0.15, 0.2) is 60.7 Å². The van der Waals surface area contributed by atoms with Gasteiger partial charge < -0.3 is 18.8 Å². The smallest absolute Gasteiger partial charge is 0.161 e. The first-order valence-electron chi connectivity index (χ1n) is 9.67. The number of benzene rings is 3. The minimum Gasteiger partial charge on any atom is -0.493 e. The van der Waals surface area contributed by atoms with Gasteiger partial charge in [0.2, 0.25) is 0 Å². The van der Waals surface area contributed by atoms with E-state index < -0.39 is 0 Å². The molecule has 0 fully saturated rings. The molecule has 0 aliphatic heterocycles. The first-order valence-corrected chi connectivity index (χ1v) is 10.0. The Morgan fingerprint density at radius 2 is 1.73 bits per heavy atom. The molecule has 0 aliphatic rings. The van der Waals surface area contributed by atoms with Crippen molar-refractivity contribution in [3.63, 3.8) is 0 Å². The van der Waals surface area contributed by atoms with E-state index in [1.54, 1.807) is 14.2 Å². The summed E-state index contributed by atoms with van der Waals surface area (Å²) in [5.74, 6) is 3.01. The van der Waals surface area contributed by atoms with Gasteiger partial charge in [-0.3, -0.25) is 0 Å². The first kappa shape index (κ1) is 20.1. The van der Waals surface area contributed by atoms with Crippen molar-refractivity contribution in [1.29, 1.82) is 0 Å². The summed E-state index contributed by atoms with van der Waals surface area (Å²) in [6.07, 6.45) is 0. The van der Waals surface area contributed by atoms with Gasteiger partial charge in [-0.2, -0.15) is 0 Å². The molecule has 0 unspecified atom stereocenters. The molecule has 30 heavy (non-hydrogen) atoms. The number of fused-ring (bicyclic) bond motifs is 1. The third kappa shape index (κ3) is 3.94. The van der Waals surface area contributed by atoms with Crippen LogP contribution in [-0.2, 0) is 6.54 Å². The van der Waals surface area contributed by atoms with E-state index in [0.29, 0.717) is 24.7 Å².